The SMILES string of the molecule is CNC(=O)C(C)N(CC(N)=S)C(C)C. The standard InChI is InChI=1S/C9H19N3OS/c1-6(2)12(5-8(10)14)7(3)9(13)11-4/h6-7H,5H2,1-4H3,(H2,10,14)(H,11,13). The van der Waals surface area contributed by atoms with E-state index in [0.717, 1.165) is 0 Å². The van der Waals surface area contributed by atoms with E-state index < -0.39 is 0 Å². The van der Waals surface area contributed by atoms with E-state index in [1.165, 1.54) is 0 Å². The fraction of sp³-hybridized carbons (Fsp3) is 0.778. The Hall–Kier alpha value is -0.680. The van der Waals surface area contributed by atoms with Gasteiger partial charge in [-0.3, -0.25) is 9.69 Å². The molecule has 0 bridgehead atoms. The third-order valence-corrected chi connectivity index (χ3v) is 2.25. The smallest absolute Gasteiger partial charge is 0.236 e. The molecule has 0 saturated carbocycles. The number of hydrogen-bond donors (Lipinski definition) is 2. The topological polar surface area (TPSA) is 58.4 Å². The van der Waals surface area contributed by atoms with E-state index in [1.54, 1.807) is 7.05 Å². The van der Waals surface area contributed by atoms with Crippen molar-refractivity contribution in [3.63, 3.8) is 0 Å². The first kappa shape index (κ1) is 13.3. The number of thiocarbonyl (C=S) groups is 1. The first-order chi connectivity index (χ1) is 6.40. The largest absolute Gasteiger partial charge is 0.392 e. The minimum absolute atomic E-state index is 0.0186. The maximum absolute atomic E-state index is 11.4. The molecule has 1 unspecified atom stereocenters. The summed E-state index contributed by atoms with van der Waals surface area (Å²) in [5, 5.41) is 2.61. The summed E-state index contributed by atoms with van der Waals surface area (Å²) >= 11 is 4.84. The average molecular weight is 217 g/mol. The molecule has 0 rings (SSSR count). The molecule has 0 radical (unpaired) electrons. The zero-order valence-corrected chi connectivity index (χ0v) is 10.0. The molecule has 3 N–H and O–H groups in total. The number of nitrogens with one attached hydrogen (secondary N) is 1. The van der Waals surface area contributed by atoms with Gasteiger partial charge in [-0.15, -0.1) is 0 Å². The van der Waals surface area contributed by atoms with Gasteiger partial charge in [-0.2, -0.15) is 0 Å². The number of amides is 1. The van der Waals surface area contributed by atoms with Crippen LogP contribution in [-0.4, -0.2) is 41.5 Å². The summed E-state index contributed by atoms with van der Waals surface area (Å²) in [4.78, 5) is 13.8. The Labute approximate surface area is 90.8 Å². The van der Waals surface area contributed by atoms with Gasteiger partial charge in [-0.1, -0.05) is 12.2 Å². The lowest BCUT2D eigenvalue weighted by molar-refractivity contribution is -0.125. The first-order valence-corrected chi connectivity index (χ1v) is 5.06. The maximum Gasteiger partial charge on any atom is 0.236 e. The molecule has 0 heterocycles. The van der Waals surface area contributed by atoms with Gasteiger partial charge >= 0.3 is 0 Å². The molecule has 0 aromatic heterocycles. The molecule has 1 amide bonds. The van der Waals surface area contributed by atoms with Crippen molar-refractivity contribution in [2.24, 2.45) is 5.73 Å². The number of nitrogens with two attached hydrogens (primary N) is 1. The Bertz CT molecular complexity index is 218. The van der Waals surface area contributed by atoms with Gasteiger partial charge in [-0.25, -0.2) is 0 Å². The Balaban J connectivity index is 4.48. The third-order valence-electron chi connectivity index (χ3n) is 2.13. The minimum Gasteiger partial charge on any atom is -0.392 e. The predicted molar refractivity (Wildman–Crippen MR) is 62.2 cm³/mol. The van der Waals surface area contributed by atoms with Gasteiger partial charge in [0.15, 0.2) is 0 Å². The summed E-state index contributed by atoms with van der Waals surface area (Å²) < 4.78 is 0. The second-order valence-electron chi connectivity index (χ2n) is 3.52. The Morgan fingerprint density at radius 2 is 2.00 bits per heavy atom. The fourth-order valence-electron chi connectivity index (χ4n) is 1.31. The number of likely N-dealkylation sites (N-methyl/N-ethyl adjacent to an activating group) is 1. The summed E-state index contributed by atoms with van der Waals surface area (Å²) in [6.45, 7) is 6.34. The molecule has 0 saturated heterocycles. The number of carbonyl (C=O) groups is 1. The summed E-state index contributed by atoms with van der Waals surface area (Å²) in [7, 11) is 1.62. The van der Waals surface area contributed by atoms with Crippen LogP contribution in [0.2, 0.25) is 0 Å². The summed E-state index contributed by atoms with van der Waals surface area (Å²) in [5.74, 6) is -0.0186. The molecule has 0 spiro atoms. The van der Waals surface area contributed by atoms with Crippen LogP contribution in [0.3, 0.4) is 0 Å². The van der Waals surface area contributed by atoms with E-state index in [4.69, 9.17) is 18.0 Å². The lowest BCUT2D eigenvalue weighted by Crippen LogP contribution is -2.50. The van der Waals surface area contributed by atoms with Crippen molar-refractivity contribution in [3.8, 4) is 0 Å². The second-order valence-corrected chi connectivity index (χ2v) is 4.05. The third kappa shape index (κ3) is 4.02. The molecule has 82 valence electrons. The molecule has 0 aliphatic carbocycles. The van der Waals surface area contributed by atoms with Crippen LogP contribution in [0.25, 0.3) is 0 Å². The van der Waals surface area contributed by atoms with Crippen molar-refractivity contribution in [2.75, 3.05) is 13.6 Å². The highest BCUT2D eigenvalue weighted by Gasteiger charge is 2.22. The van der Waals surface area contributed by atoms with Gasteiger partial charge in [0.25, 0.3) is 0 Å². The monoisotopic (exact) mass is 217 g/mol. The van der Waals surface area contributed by atoms with Crippen LogP contribution in [0, 0.1) is 0 Å². The number of rotatable bonds is 5. The van der Waals surface area contributed by atoms with Gasteiger partial charge in [0.05, 0.1) is 11.0 Å². The molecule has 0 aliphatic rings. The van der Waals surface area contributed by atoms with Crippen LogP contribution in [0.4, 0.5) is 0 Å². The van der Waals surface area contributed by atoms with Crippen molar-refractivity contribution >= 4 is 23.1 Å². The van der Waals surface area contributed by atoms with Gasteiger partial charge < -0.3 is 11.1 Å². The lowest BCUT2D eigenvalue weighted by atomic mass is 10.2. The molecular weight excluding hydrogens is 198 g/mol. The fourth-order valence-corrected chi connectivity index (χ4v) is 1.46. The summed E-state index contributed by atoms with van der Waals surface area (Å²) in [6.07, 6.45) is 0. The Morgan fingerprint density at radius 1 is 1.50 bits per heavy atom. The van der Waals surface area contributed by atoms with Gasteiger partial charge in [0.2, 0.25) is 5.91 Å². The zero-order valence-electron chi connectivity index (χ0n) is 9.20. The highest BCUT2D eigenvalue weighted by Crippen LogP contribution is 2.05. The van der Waals surface area contributed by atoms with E-state index in [-0.39, 0.29) is 18.0 Å². The summed E-state index contributed by atoms with van der Waals surface area (Å²) in [6, 6.07) is 0.0327. The number of nitrogens with zero attached hydrogens (tertiary/aromatic N) is 1. The molecule has 1 atom stereocenters. The molecule has 0 fully saturated rings. The zero-order chi connectivity index (χ0) is 11.3. The van der Waals surface area contributed by atoms with Crippen LogP contribution in [0.1, 0.15) is 20.8 Å². The highest BCUT2D eigenvalue weighted by molar-refractivity contribution is 7.80. The molecule has 4 nitrogen and oxygen atoms in total. The molecule has 5 heteroatoms. The first-order valence-electron chi connectivity index (χ1n) is 4.65. The average Bonchev–Trinajstić information content (AvgIpc) is 2.11. The number of hydrogen-bond acceptors (Lipinski definition) is 3. The quantitative estimate of drug-likeness (QED) is 0.642. The van der Waals surface area contributed by atoms with Crippen molar-refractivity contribution < 1.29 is 4.79 Å². The maximum atomic E-state index is 11.4. The van der Waals surface area contributed by atoms with Gasteiger partial charge in [0, 0.05) is 19.6 Å². The normalized spacial score (nSPS) is 13.0. The minimum atomic E-state index is -0.207. The predicted octanol–water partition coefficient (Wildman–Crippen LogP) is 0.117. The van der Waals surface area contributed by atoms with Crippen LogP contribution in [-0.2, 0) is 4.79 Å². The van der Waals surface area contributed by atoms with Gasteiger partial charge in [-0.05, 0) is 20.8 Å². The lowest BCUT2D eigenvalue weighted by Gasteiger charge is -2.30. The molecule has 0 aromatic rings. The van der Waals surface area contributed by atoms with E-state index >= 15 is 0 Å². The van der Waals surface area contributed by atoms with Crippen LogP contribution in [0.5, 0.6) is 0 Å². The molecule has 0 aromatic carbocycles. The van der Waals surface area contributed by atoms with Crippen LogP contribution >= 0.6 is 12.2 Å². The van der Waals surface area contributed by atoms with E-state index in [1.807, 2.05) is 25.7 Å². The van der Waals surface area contributed by atoms with Crippen molar-refractivity contribution in [2.45, 2.75) is 32.9 Å². The Kier molecular flexibility index (Phi) is 5.64. The van der Waals surface area contributed by atoms with Crippen LogP contribution < -0.4 is 11.1 Å². The molecular formula is C9H19N3OS. The second kappa shape index (κ2) is 5.93. The molecule has 14 heavy (non-hydrogen) atoms. The van der Waals surface area contributed by atoms with E-state index in [9.17, 15) is 4.79 Å². The van der Waals surface area contributed by atoms with Crippen molar-refractivity contribution in [3.05, 3.63) is 0 Å². The Morgan fingerprint density at radius 3 is 2.29 bits per heavy atom. The highest BCUT2D eigenvalue weighted by atomic mass is 32.1. The van der Waals surface area contributed by atoms with E-state index in [2.05, 4.69) is 5.32 Å². The van der Waals surface area contributed by atoms with Crippen molar-refractivity contribution in [1.82, 2.24) is 10.2 Å². The number of carbonyl (C=O) groups excluding carboxylic acids is 1. The van der Waals surface area contributed by atoms with Crippen LogP contribution in [0.15, 0.2) is 0 Å². The van der Waals surface area contributed by atoms with Crippen molar-refractivity contribution in [1.29, 1.82) is 0 Å². The summed E-state index contributed by atoms with van der Waals surface area (Å²) in [5.41, 5.74) is 5.47. The molecule has 0 aliphatic heterocycles. The van der Waals surface area contributed by atoms with Gasteiger partial charge in [0.1, 0.15) is 0 Å². The van der Waals surface area contributed by atoms with E-state index in [0.29, 0.717) is 11.5 Å².